The number of benzene rings is 2. The molecule has 3 rings (SSSR count). The van der Waals surface area contributed by atoms with E-state index in [9.17, 15) is 9.59 Å². The maximum absolute atomic E-state index is 12.1. The van der Waals surface area contributed by atoms with Gasteiger partial charge in [-0.1, -0.05) is 23.4 Å². The number of aromatic nitrogens is 2. The van der Waals surface area contributed by atoms with E-state index in [1.807, 2.05) is 42.1 Å². The molecule has 2 amide bonds. The first-order chi connectivity index (χ1) is 14.0. The number of hydrogen-bond acceptors (Lipinski definition) is 4. The molecule has 0 saturated carbocycles. The van der Waals surface area contributed by atoms with Gasteiger partial charge in [0.1, 0.15) is 0 Å². The maximum atomic E-state index is 12.1. The number of nitrogens with one attached hydrogen (secondary N) is 2. The Balaban J connectivity index is 1.38. The van der Waals surface area contributed by atoms with Gasteiger partial charge in [0.2, 0.25) is 5.91 Å². The lowest BCUT2D eigenvalue weighted by Crippen LogP contribution is -2.25. The third kappa shape index (κ3) is 6.37. The average Bonchev–Trinajstić information content (AvgIpc) is 3.11. The fourth-order valence-corrected chi connectivity index (χ4v) is 3.47. The number of carbonyl (C=O) groups excluding carboxylic acids is 2. The summed E-state index contributed by atoms with van der Waals surface area (Å²) in [5, 5.41) is 7.16. The predicted octanol–water partition coefficient (Wildman–Crippen LogP) is 4.37. The van der Waals surface area contributed by atoms with E-state index in [2.05, 4.69) is 15.6 Å². The minimum Gasteiger partial charge on any atom is -0.352 e. The van der Waals surface area contributed by atoms with Gasteiger partial charge < -0.3 is 15.2 Å². The van der Waals surface area contributed by atoms with E-state index in [1.165, 1.54) is 0 Å². The molecule has 0 aliphatic rings. The molecule has 0 saturated heterocycles. The summed E-state index contributed by atoms with van der Waals surface area (Å²) in [6, 6.07) is 14.3. The summed E-state index contributed by atoms with van der Waals surface area (Å²) in [5.41, 5.74) is 1.28. The van der Waals surface area contributed by atoms with Crippen LogP contribution in [0.2, 0.25) is 5.02 Å². The molecule has 2 N–H and O–H groups in total. The van der Waals surface area contributed by atoms with Crippen LogP contribution in [-0.4, -0.2) is 27.9 Å². The first kappa shape index (κ1) is 21.0. The lowest BCUT2D eigenvalue weighted by Gasteiger charge is -2.08. The molecule has 2 aromatic carbocycles. The highest BCUT2D eigenvalue weighted by Gasteiger charge is 2.07. The van der Waals surface area contributed by atoms with Crippen LogP contribution in [-0.2, 0) is 11.8 Å². The number of rotatable bonds is 8. The van der Waals surface area contributed by atoms with Crippen LogP contribution < -0.4 is 10.6 Å². The van der Waals surface area contributed by atoms with Crippen molar-refractivity contribution < 1.29 is 9.59 Å². The number of amides is 2. The van der Waals surface area contributed by atoms with E-state index in [-0.39, 0.29) is 11.8 Å². The molecule has 0 aliphatic heterocycles. The van der Waals surface area contributed by atoms with E-state index in [1.54, 1.807) is 42.2 Å². The maximum Gasteiger partial charge on any atom is 0.251 e. The normalized spacial score (nSPS) is 10.6. The number of hydrogen-bond donors (Lipinski definition) is 2. The van der Waals surface area contributed by atoms with E-state index in [4.69, 9.17) is 11.6 Å². The van der Waals surface area contributed by atoms with Crippen LogP contribution in [0.15, 0.2) is 71.0 Å². The second-order valence-electron chi connectivity index (χ2n) is 6.36. The van der Waals surface area contributed by atoms with Crippen LogP contribution in [0.1, 0.15) is 23.2 Å². The Hall–Kier alpha value is -2.77. The zero-order valence-corrected chi connectivity index (χ0v) is 17.5. The lowest BCUT2D eigenvalue weighted by atomic mass is 10.2. The van der Waals surface area contributed by atoms with Crippen molar-refractivity contribution in [2.75, 3.05) is 11.9 Å². The summed E-state index contributed by atoms with van der Waals surface area (Å²) in [7, 11) is 1.95. The van der Waals surface area contributed by atoms with Gasteiger partial charge in [0.25, 0.3) is 5.91 Å². The van der Waals surface area contributed by atoms with Crippen molar-refractivity contribution >= 4 is 40.9 Å². The quantitative estimate of drug-likeness (QED) is 0.522. The topological polar surface area (TPSA) is 76.0 Å². The fourth-order valence-electron chi connectivity index (χ4n) is 2.54. The van der Waals surface area contributed by atoms with Crippen molar-refractivity contribution in [2.24, 2.45) is 7.05 Å². The molecule has 1 aromatic heterocycles. The van der Waals surface area contributed by atoms with Crippen LogP contribution in [0.3, 0.4) is 0 Å². The molecule has 0 radical (unpaired) electrons. The zero-order valence-electron chi connectivity index (χ0n) is 15.9. The summed E-state index contributed by atoms with van der Waals surface area (Å²) in [6.07, 6.45) is 4.53. The Morgan fingerprint density at radius 2 is 1.83 bits per heavy atom. The molecule has 150 valence electrons. The lowest BCUT2D eigenvalue weighted by molar-refractivity contribution is -0.116. The number of nitrogens with zero attached hydrogens (tertiary/aromatic N) is 2. The van der Waals surface area contributed by atoms with Crippen molar-refractivity contribution in [1.29, 1.82) is 0 Å². The highest BCUT2D eigenvalue weighted by molar-refractivity contribution is 7.99. The summed E-state index contributed by atoms with van der Waals surface area (Å²) in [4.78, 5) is 29.4. The number of imidazole rings is 1. The number of aryl methyl sites for hydroxylation is 1. The minimum atomic E-state index is -0.178. The summed E-state index contributed by atoms with van der Waals surface area (Å²) in [6.45, 7) is 0.425. The van der Waals surface area contributed by atoms with Crippen LogP contribution >= 0.6 is 23.4 Å². The Morgan fingerprint density at radius 1 is 1.10 bits per heavy atom. The van der Waals surface area contributed by atoms with E-state index in [0.717, 1.165) is 15.7 Å². The standard InChI is InChI=1S/C21H21ClN4O2S/c1-26-14-13-24-21(26)29-18-10-8-17(9-11-18)25-19(27)3-2-12-23-20(28)15-4-6-16(22)7-5-15/h4-11,13-14H,2-3,12H2,1H3,(H,23,28)(H,25,27). The van der Waals surface area contributed by atoms with Gasteiger partial charge in [-0.05, 0) is 55.0 Å². The van der Waals surface area contributed by atoms with Crippen LogP contribution in [0.25, 0.3) is 0 Å². The molecule has 8 heteroatoms. The monoisotopic (exact) mass is 428 g/mol. The Labute approximate surface area is 178 Å². The van der Waals surface area contributed by atoms with Crippen molar-refractivity contribution in [2.45, 2.75) is 22.9 Å². The van der Waals surface area contributed by atoms with E-state index in [0.29, 0.717) is 30.0 Å². The summed E-state index contributed by atoms with van der Waals surface area (Å²) >= 11 is 7.37. The second-order valence-corrected chi connectivity index (χ2v) is 7.84. The molecule has 0 unspecified atom stereocenters. The SMILES string of the molecule is Cn1ccnc1Sc1ccc(NC(=O)CCCNC(=O)c2ccc(Cl)cc2)cc1. The Bertz CT molecular complexity index is 971. The highest BCUT2D eigenvalue weighted by atomic mass is 35.5. The molecular formula is C21H21ClN4O2S. The van der Waals surface area contributed by atoms with Crippen molar-refractivity contribution in [1.82, 2.24) is 14.9 Å². The van der Waals surface area contributed by atoms with Crippen molar-refractivity contribution in [3.05, 3.63) is 71.5 Å². The van der Waals surface area contributed by atoms with E-state index < -0.39 is 0 Å². The first-order valence-corrected chi connectivity index (χ1v) is 10.3. The Morgan fingerprint density at radius 3 is 2.48 bits per heavy atom. The molecule has 1 heterocycles. The molecule has 0 aliphatic carbocycles. The predicted molar refractivity (Wildman–Crippen MR) is 115 cm³/mol. The number of carbonyl (C=O) groups is 2. The van der Waals surface area contributed by atoms with Gasteiger partial charge >= 0.3 is 0 Å². The van der Waals surface area contributed by atoms with Crippen LogP contribution in [0.4, 0.5) is 5.69 Å². The smallest absolute Gasteiger partial charge is 0.251 e. The molecule has 3 aromatic rings. The fraction of sp³-hybridized carbons (Fsp3) is 0.190. The third-order valence-electron chi connectivity index (χ3n) is 4.10. The van der Waals surface area contributed by atoms with Crippen LogP contribution in [0, 0.1) is 0 Å². The molecule has 29 heavy (non-hydrogen) atoms. The highest BCUT2D eigenvalue weighted by Crippen LogP contribution is 2.26. The summed E-state index contributed by atoms with van der Waals surface area (Å²) < 4.78 is 1.95. The first-order valence-electron chi connectivity index (χ1n) is 9.10. The zero-order chi connectivity index (χ0) is 20.6. The van der Waals surface area contributed by atoms with Gasteiger partial charge in [0, 0.05) is 53.6 Å². The van der Waals surface area contributed by atoms with Crippen LogP contribution in [0.5, 0.6) is 0 Å². The van der Waals surface area contributed by atoms with Gasteiger partial charge in [-0.25, -0.2) is 4.98 Å². The summed E-state index contributed by atoms with van der Waals surface area (Å²) in [5.74, 6) is -0.266. The number of halogens is 1. The average molecular weight is 429 g/mol. The second kappa shape index (κ2) is 10.1. The van der Waals surface area contributed by atoms with Gasteiger partial charge in [0.05, 0.1) is 0 Å². The molecule has 0 spiro atoms. The van der Waals surface area contributed by atoms with Gasteiger partial charge in [-0.15, -0.1) is 0 Å². The van der Waals surface area contributed by atoms with Gasteiger partial charge in [-0.2, -0.15) is 0 Å². The molecular weight excluding hydrogens is 408 g/mol. The molecule has 6 nitrogen and oxygen atoms in total. The molecule has 0 atom stereocenters. The van der Waals surface area contributed by atoms with Crippen molar-refractivity contribution in [3.8, 4) is 0 Å². The van der Waals surface area contributed by atoms with Crippen molar-refractivity contribution in [3.63, 3.8) is 0 Å². The van der Waals surface area contributed by atoms with E-state index >= 15 is 0 Å². The minimum absolute atomic E-state index is 0.0877. The van der Waals surface area contributed by atoms with Gasteiger partial charge in [-0.3, -0.25) is 9.59 Å². The largest absolute Gasteiger partial charge is 0.352 e. The molecule has 0 bridgehead atoms. The Kier molecular flexibility index (Phi) is 7.32. The third-order valence-corrected chi connectivity index (χ3v) is 5.43. The number of anilines is 1. The van der Waals surface area contributed by atoms with Gasteiger partial charge in [0.15, 0.2) is 5.16 Å². The molecule has 0 fully saturated rings.